The Bertz CT molecular complexity index is 512. The number of rotatable bonds is 3. The van der Waals surface area contributed by atoms with Crippen LogP contribution >= 0.6 is 0 Å². The van der Waals surface area contributed by atoms with Crippen molar-refractivity contribution in [2.45, 2.75) is 19.4 Å². The van der Waals surface area contributed by atoms with E-state index in [9.17, 15) is 9.59 Å². The fourth-order valence-electron chi connectivity index (χ4n) is 2.90. The molecule has 21 heavy (non-hydrogen) atoms. The van der Waals surface area contributed by atoms with Crippen LogP contribution in [0.5, 0.6) is 0 Å². The maximum atomic E-state index is 12.3. The molecule has 1 aromatic heterocycles. The van der Waals surface area contributed by atoms with Gasteiger partial charge < -0.3 is 4.74 Å². The number of cyclic esters (lactones) is 1. The average molecular weight is 289 g/mol. The molecule has 3 heterocycles. The van der Waals surface area contributed by atoms with E-state index in [-0.39, 0.29) is 11.8 Å². The van der Waals surface area contributed by atoms with E-state index in [1.165, 1.54) is 10.5 Å². The van der Waals surface area contributed by atoms with Crippen molar-refractivity contribution in [3.63, 3.8) is 0 Å². The zero-order valence-electron chi connectivity index (χ0n) is 11.9. The fraction of sp³-hybridized carbons (Fsp3) is 0.533. The van der Waals surface area contributed by atoms with Gasteiger partial charge >= 0.3 is 6.09 Å². The van der Waals surface area contributed by atoms with Gasteiger partial charge in [-0.3, -0.25) is 14.7 Å². The summed E-state index contributed by atoms with van der Waals surface area (Å²) in [7, 11) is 0. The number of imide groups is 1. The van der Waals surface area contributed by atoms with Gasteiger partial charge in [-0.15, -0.1) is 0 Å². The van der Waals surface area contributed by atoms with E-state index >= 15 is 0 Å². The molecule has 0 aliphatic carbocycles. The maximum absolute atomic E-state index is 12.3. The van der Waals surface area contributed by atoms with Crippen molar-refractivity contribution in [2.75, 3.05) is 26.2 Å². The lowest BCUT2D eigenvalue weighted by molar-refractivity contribution is -0.133. The van der Waals surface area contributed by atoms with Crippen LogP contribution in [0.1, 0.15) is 18.4 Å². The Hall–Kier alpha value is -1.95. The first-order chi connectivity index (χ1) is 10.2. The zero-order valence-corrected chi connectivity index (χ0v) is 11.9. The van der Waals surface area contributed by atoms with Crippen molar-refractivity contribution >= 4 is 12.0 Å². The number of aromatic nitrogens is 1. The molecule has 3 rings (SSSR count). The maximum Gasteiger partial charge on any atom is 0.416 e. The van der Waals surface area contributed by atoms with E-state index < -0.39 is 6.09 Å². The van der Waals surface area contributed by atoms with Crippen LogP contribution in [0.3, 0.4) is 0 Å². The smallest absolute Gasteiger partial charge is 0.416 e. The number of carbonyl (C=O) groups is 2. The van der Waals surface area contributed by atoms with E-state index in [1.54, 1.807) is 12.4 Å². The molecular weight excluding hydrogens is 270 g/mol. The van der Waals surface area contributed by atoms with Gasteiger partial charge in [-0.1, -0.05) is 0 Å². The van der Waals surface area contributed by atoms with Crippen molar-refractivity contribution in [3.05, 3.63) is 30.1 Å². The lowest BCUT2D eigenvalue weighted by Crippen LogP contribution is -2.42. The summed E-state index contributed by atoms with van der Waals surface area (Å²) in [5, 5.41) is 0. The number of ether oxygens (including phenoxy) is 1. The molecule has 0 radical (unpaired) electrons. The summed E-state index contributed by atoms with van der Waals surface area (Å²) >= 11 is 0. The number of piperidine rings is 1. The Kier molecular flexibility index (Phi) is 4.15. The second-order valence-electron chi connectivity index (χ2n) is 5.51. The molecule has 2 saturated heterocycles. The number of pyridine rings is 1. The SMILES string of the molecule is O=C1OCCN1C(=O)C1CCN(Cc2ccncc2)CC1. The van der Waals surface area contributed by atoms with Gasteiger partial charge in [-0.25, -0.2) is 9.69 Å². The number of hydrogen-bond acceptors (Lipinski definition) is 5. The van der Waals surface area contributed by atoms with E-state index in [2.05, 4.69) is 9.88 Å². The molecule has 0 bridgehead atoms. The van der Waals surface area contributed by atoms with Crippen molar-refractivity contribution in [3.8, 4) is 0 Å². The zero-order chi connectivity index (χ0) is 14.7. The molecule has 0 N–H and O–H groups in total. The lowest BCUT2D eigenvalue weighted by atomic mass is 9.95. The number of hydrogen-bond donors (Lipinski definition) is 0. The molecular formula is C15H19N3O3. The minimum atomic E-state index is -0.487. The molecule has 2 amide bonds. The fourth-order valence-corrected chi connectivity index (χ4v) is 2.90. The van der Waals surface area contributed by atoms with Gasteiger partial charge in [-0.05, 0) is 43.6 Å². The van der Waals surface area contributed by atoms with Crippen LogP contribution < -0.4 is 0 Å². The summed E-state index contributed by atoms with van der Waals surface area (Å²) in [6.45, 7) is 3.36. The van der Waals surface area contributed by atoms with E-state index in [0.29, 0.717) is 13.2 Å². The van der Waals surface area contributed by atoms with E-state index in [4.69, 9.17) is 4.74 Å². The van der Waals surface area contributed by atoms with E-state index in [1.807, 2.05) is 12.1 Å². The lowest BCUT2D eigenvalue weighted by Gasteiger charge is -2.32. The molecule has 0 atom stereocenters. The van der Waals surface area contributed by atoms with Crippen LogP contribution in [-0.4, -0.2) is 53.0 Å². The third-order valence-corrected chi connectivity index (χ3v) is 4.12. The Morgan fingerprint density at radius 1 is 1.24 bits per heavy atom. The van der Waals surface area contributed by atoms with Gasteiger partial charge in [0.2, 0.25) is 5.91 Å². The van der Waals surface area contributed by atoms with Crippen molar-refractivity contribution in [1.82, 2.24) is 14.8 Å². The Balaban J connectivity index is 1.51. The first-order valence-corrected chi connectivity index (χ1v) is 7.33. The standard InChI is InChI=1S/C15H19N3O3/c19-14(18-9-10-21-15(18)20)13-3-7-17(8-4-13)11-12-1-5-16-6-2-12/h1-2,5-6,13H,3-4,7-11H2. The van der Waals surface area contributed by atoms with Gasteiger partial charge in [0, 0.05) is 24.9 Å². The summed E-state index contributed by atoms with van der Waals surface area (Å²) in [6, 6.07) is 4.02. The third kappa shape index (κ3) is 3.21. The summed E-state index contributed by atoms with van der Waals surface area (Å²) in [5.74, 6) is -0.120. The van der Waals surface area contributed by atoms with Gasteiger partial charge in [0.15, 0.2) is 0 Å². The molecule has 0 aromatic carbocycles. The normalized spacial score (nSPS) is 20.6. The van der Waals surface area contributed by atoms with Crippen LogP contribution in [0.4, 0.5) is 4.79 Å². The predicted octanol–water partition coefficient (Wildman–Crippen LogP) is 1.27. The van der Waals surface area contributed by atoms with Crippen LogP contribution in [0.25, 0.3) is 0 Å². The first-order valence-electron chi connectivity index (χ1n) is 7.33. The number of likely N-dealkylation sites (tertiary alicyclic amines) is 1. The second kappa shape index (κ2) is 6.22. The first kappa shape index (κ1) is 14.0. The third-order valence-electron chi connectivity index (χ3n) is 4.12. The summed E-state index contributed by atoms with van der Waals surface area (Å²) in [4.78, 5) is 31.3. The second-order valence-corrected chi connectivity index (χ2v) is 5.51. The van der Waals surface area contributed by atoms with Gasteiger partial charge in [-0.2, -0.15) is 0 Å². The molecule has 2 aliphatic rings. The highest BCUT2D eigenvalue weighted by Crippen LogP contribution is 2.22. The Labute approximate surface area is 123 Å². The summed E-state index contributed by atoms with van der Waals surface area (Å²) < 4.78 is 4.83. The average Bonchev–Trinajstić information content (AvgIpc) is 2.94. The molecule has 2 fully saturated rings. The van der Waals surface area contributed by atoms with Crippen LogP contribution in [0, 0.1) is 5.92 Å². The molecule has 0 unspecified atom stereocenters. The van der Waals surface area contributed by atoms with Crippen molar-refractivity contribution in [1.29, 1.82) is 0 Å². The minimum absolute atomic E-state index is 0.0515. The molecule has 2 aliphatic heterocycles. The minimum Gasteiger partial charge on any atom is -0.447 e. The number of amides is 2. The van der Waals surface area contributed by atoms with Crippen molar-refractivity contribution in [2.24, 2.45) is 5.92 Å². The molecule has 6 heteroatoms. The van der Waals surface area contributed by atoms with Crippen LogP contribution in [0.2, 0.25) is 0 Å². The van der Waals surface area contributed by atoms with Crippen molar-refractivity contribution < 1.29 is 14.3 Å². The highest BCUT2D eigenvalue weighted by molar-refractivity contribution is 5.94. The Morgan fingerprint density at radius 2 is 1.95 bits per heavy atom. The van der Waals surface area contributed by atoms with Crippen LogP contribution in [-0.2, 0) is 16.1 Å². The highest BCUT2D eigenvalue weighted by atomic mass is 16.6. The van der Waals surface area contributed by atoms with Gasteiger partial charge in [0.05, 0.1) is 6.54 Å². The largest absolute Gasteiger partial charge is 0.447 e. The van der Waals surface area contributed by atoms with E-state index in [0.717, 1.165) is 32.5 Å². The molecule has 1 aromatic rings. The number of carbonyl (C=O) groups excluding carboxylic acids is 2. The number of nitrogens with zero attached hydrogens (tertiary/aromatic N) is 3. The topological polar surface area (TPSA) is 62.7 Å². The van der Waals surface area contributed by atoms with Gasteiger partial charge in [0.1, 0.15) is 6.61 Å². The Morgan fingerprint density at radius 3 is 2.57 bits per heavy atom. The monoisotopic (exact) mass is 289 g/mol. The predicted molar refractivity (Wildman–Crippen MR) is 75.3 cm³/mol. The van der Waals surface area contributed by atoms with Crippen LogP contribution in [0.15, 0.2) is 24.5 Å². The summed E-state index contributed by atoms with van der Waals surface area (Å²) in [5.41, 5.74) is 1.23. The quantitative estimate of drug-likeness (QED) is 0.838. The van der Waals surface area contributed by atoms with Gasteiger partial charge in [0.25, 0.3) is 0 Å². The molecule has 0 spiro atoms. The summed E-state index contributed by atoms with van der Waals surface area (Å²) in [6.07, 6.45) is 4.70. The molecule has 6 nitrogen and oxygen atoms in total. The molecule has 112 valence electrons. The molecule has 0 saturated carbocycles. The highest BCUT2D eigenvalue weighted by Gasteiger charge is 2.35.